The molecule has 1 saturated carbocycles. The lowest BCUT2D eigenvalue weighted by Gasteiger charge is -2.20. The van der Waals surface area contributed by atoms with E-state index in [1.807, 2.05) is 6.07 Å². The molecule has 0 radical (unpaired) electrons. The molecule has 0 atom stereocenters. The van der Waals surface area contributed by atoms with Gasteiger partial charge < -0.3 is 15.4 Å². The van der Waals surface area contributed by atoms with Crippen LogP contribution in [0.15, 0.2) is 35.3 Å². The van der Waals surface area contributed by atoms with Gasteiger partial charge in [-0.25, -0.2) is 0 Å². The highest BCUT2D eigenvalue weighted by atomic mass is 16.5. The molecule has 0 aromatic heterocycles. The highest BCUT2D eigenvalue weighted by molar-refractivity contribution is 5.80. The Kier molecular flexibility index (Phi) is 4.76. The quantitative estimate of drug-likeness (QED) is 0.757. The molecule has 3 rings (SSSR count). The van der Waals surface area contributed by atoms with Crippen LogP contribution in [0.25, 0.3) is 0 Å². The summed E-state index contributed by atoms with van der Waals surface area (Å²) in [5.41, 5.74) is 1.69. The van der Waals surface area contributed by atoms with Crippen LogP contribution in [0.3, 0.4) is 0 Å². The summed E-state index contributed by atoms with van der Waals surface area (Å²) in [7, 11) is 0. The summed E-state index contributed by atoms with van der Waals surface area (Å²) in [4.78, 5) is 4.46. The molecular formula is C17H25N3O. The van der Waals surface area contributed by atoms with Crippen LogP contribution in [0.2, 0.25) is 0 Å². The van der Waals surface area contributed by atoms with Gasteiger partial charge >= 0.3 is 0 Å². The van der Waals surface area contributed by atoms with Crippen molar-refractivity contribution in [3.05, 3.63) is 35.9 Å². The van der Waals surface area contributed by atoms with Crippen molar-refractivity contribution in [3.8, 4) is 0 Å². The summed E-state index contributed by atoms with van der Waals surface area (Å²) in [5, 5.41) is 6.78. The minimum atomic E-state index is 0.443. The third-order valence-corrected chi connectivity index (χ3v) is 4.37. The van der Waals surface area contributed by atoms with Crippen molar-refractivity contribution in [2.24, 2.45) is 10.4 Å². The van der Waals surface area contributed by atoms with E-state index in [2.05, 4.69) is 39.9 Å². The lowest BCUT2D eigenvalue weighted by molar-refractivity contribution is 0.104. The van der Waals surface area contributed by atoms with Crippen molar-refractivity contribution in [1.29, 1.82) is 0 Å². The van der Waals surface area contributed by atoms with Crippen molar-refractivity contribution in [2.75, 3.05) is 26.2 Å². The molecule has 1 aromatic carbocycles. The van der Waals surface area contributed by atoms with Crippen molar-refractivity contribution in [3.63, 3.8) is 0 Å². The van der Waals surface area contributed by atoms with Gasteiger partial charge in [0.1, 0.15) is 0 Å². The molecule has 0 saturated heterocycles. The molecule has 2 N–H and O–H groups in total. The SMILES string of the molecule is c1ccc(COCCC2(CNC3=NCCCN3)CC2)cc1. The standard InChI is InChI=1S/C17H25N3O/c1-2-5-15(6-3-1)13-21-12-9-17(7-8-17)14-20-16-18-10-4-11-19-16/h1-3,5-6H,4,7-14H2,(H2,18,19,20). The topological polar surface area (TPSA) is 45.6 Å². The third kappa shape index (κ3) is 4.46. The summed E-state index contributed by atoms with van der Waals surface area (Å²) >= 11 is 0. The number of aliphatic imine (C=N–C) groups is 1. The lowest BCUT2D eigenvalue weighted by atomic mass is 10.0. The smallest absolute Gasteiger partial charge is 0.191 e. The summed E-state index contributed by atoms with van der Waals surface area (Å²) in [6.45, 7) is 4.57. The van der Waals surface area contributed by atoms with Crippen molar-refractivity contribution < 1.29 is 4.74 Å². The van der Waals surface area contributed by atoms with Crippen LogP contribution in [-0.4, -0.2) is 32.2 Å². The van der Waals surface area contributed by atoms with E-state index in [1.54, 1.807) is 0 Å². The molecule has 1 heterocycles. The van der Waals surface area contributed by atoms with E-state index in [0.717, 1.165) is 51.6 Å². The van der Waals surface area contributed by atoms with Gasteiger partial charge in [-0.1, -0.05) is 30.3 Å². The van der Waals surface area contributed by atoms with E-state index in [9.17, 15) is 0 Å². The number of benzene rings is 1. The molecule has 0 amide bonds. The molecule has 0 bridgehead atoms. The van der Waals surface area contributed by atoms with Crippen molar-refractivity contribution >= 4 is 5.96 Å². The average Bonchev–Trinajstić information content (AvgIpc) is 3.32. The lowest BCUT2D eigenvalue weighted by Crippen LogP contribution is -2.43. The summed E-state index contributed by atoms with van der Waals surface area (Å²) in [6.07, 6.45) is 4.90. The van der Waals surface area contributed by atoms with Crippen molar-refractivity contribution in [1.82, 2.24) is 10.6 Å². The van der Waals surface area contributed by atoms with Gasteiger partial charge in [0.25, 0.3) is 0 Å². The molecule has 1 aliphatic heterocycles. The number of hydrogen-bond donors (Lipinski definition) is 2. The van der Waals surface area contributed by atoms with E-state index < -0.39 is 0 Å². The largest absolute Gasteiger partial charge is 0.377 e. The summed E-state index contributed by atoms with van der Waals surface area (Å²) < 4.78 is 5.81. The summed E-state index contributed by atoms with van der Waals surface area (Å²) in [6, 6.07) is 10.4. The van der Waals surface area contributed by atoms with Gasteiger partial charge in [-0.2, -0.15) is 0 Å². The zero-order valence-corrected chi connectivity index (χ0v) is 12.6. The molecule has 0 unspecified atom stereocenters. The third-order valence-electron chi connectivity index (χ3n) is 4.37. The Morgan fingerprint density at radius 2 is 2.10 bits per heavy atom. The van der Waals surface area contributed by atoms with E-state index >= 15 is 0 Å². The van der Waals surface area contributed by atoms with Crippen LogP contribution in [0.5, 0.6) is 0 Å². The molecule has 4 nitrogen and oxygen atoms in total. The Morgan fingerprint density at radius 1 is 1.24 bits per heavy atom. The van der Waals surface area contributed by atoms with Gasteiger partial charge in [-0.3, -0.25) is 4.99 Å². The van der Waals surface area contributed by atoms with Gasteiger partial charge in [0, 0.05) is 26.2 Å². The molecule has 2 aliphatic rings. The van der Waals surface area contributed by atoms with Gasteiger partial charge in [0.2, 0.25) is 0 Å². The van der Waals surface area contributed by atoms with Crippen LogP contribution < -0.4 is 10.6 Å². The maximum atomic E-state index is 5.81. The normalized spacial score (nSPS) is 19.5. The first-order chi connectivity index (χ1) is 10.4. The highest BCUT2D eigenvalue weighted by Gasteiger charge is 2.42. The minimum Gasteiger partial charge on any atom is -0.377 e. The number of hydrogen-bond acceptors (Lipinski definition) is 4. The Hall–Kier alpha value is -1.55. The molecule has 4 heteroatoms. The van der Waals surface area contributed by atoms with Crippen LogP contribution in [-0.2, 0) is 11.3 Å². The number of nitrogens with zero attached hydrogens (tertiary/aromatic N) is 1. The van der Waals surface area contributed by atoms with E-state index in [4.69, 9.17) is 4.74 Å². The van der Waals surface area contributed by atoms with Gasteiger partial charge in [-0.05, 0) is 36.7 Å². The molecule has 114 valence electrons. The Labute approximate surface area is 127 Å². The summed E-state index contributed by atoms with van der Waals surface area (Å²) in [5.74, 6) is 0.984. The Morgan fingerprint density at radius 3 is 2.81 bits per heavy atom. The second-order valence-electron chi connectivity index (χ2n) is 6.15. The van der Waals surface area contributed by atoms with Crippen LogP contribution >= 0.6 is 0 Å². The van der Waals surface area contributed by atoms with Gasteiger partial charge in [-0.15, -0.1) is 0 Å². The molecule has 1 aromatic rings. The number of guanidine groups is 1. The first kappa shape index (κ1) is 14.4. The maximum Gasteiger partial charge on any atom is 0.191 e. The second kappa shape index (κ2) is 6.94. The molecule has 1 aliphatic carbocycles. The Balaban J connectivity index is 1.34. The van der Waals surface area contributed by atoms with Crippen LogP contribution in [0.4, 0.5) is 0 Å². The molecule has 1 fully saturated rings. The number of rotatable bonds is 7. The molecule has 21 heavy (non-hydrogen) atoms. The maximum absolute atomic E-state index is 5.81. The molecule has 0 spiro atoms. The Bertz CT molecular complexity index is 468. The first-order valence-corrected chi connectivity index (χ1v) is 8.00. The predicted octanol–water partition coefficient (Wildman–Crippen LogP) is 2.31. The second-order valence-corrected chi connectivity index (χ2v) is 6.15. The zero-order chi connectivity index (χ0) is 14.4. The predicted molar refractivity (Wildman–Crippen MR) is 85.3 cm³/mol. The molecular weight excluding hydrogens is 262 g/mol. The van der Waals surface area contributed by atoms with E-state index in [-0.39, 0.29) is 0 Å². The minimum absolute atomic E-state index is 0.443. The van der Waals surface area contributed by atoms with E-state index in [0.29, 0.717) is 5.41 Å². The fraction of sp³-hybridized carbons (Fsp3) is 0.588. The first-order valence-electron chi connectivity index (χ1n) is 8.00. The van der Waals surface area contributed by atoms with E-state index in [1.165, 1.54) is 18.4 Å². The zero-order valence-electron chi connectivity index (χ0n) is 12.6. The number of ether oxygens (including phenoxy) is 1. The van der Waals surface area contributed by atoms with Crippen LogP contribution in [0.1, 0.15) is 31.2 Å². The average molecular weight is 287 g/mol. The van der Waals surface area contributed by atoms with Crippen LogP contribution in [0, 0.1) is 5.41 Å². The monoisotopic (exact) mass is 287 g/mol. The van der Waals surface area contributed by atoms with Crippen molar-refractivity contribution in [2.45, 2.75) is 32.3 Å². The fourth-order valence-corrected chi connectivity index (χ4v) is 2.67. The highest BCUT2D eigenvalue weighted by Crippen LogP contribution is 2.48. The number of nitrogens with one attached hydrogen (secondary N) is 2. The fourth-order valence-electron chi connectivity index (χ4n) is 2.67. The van der Waals surface area contributed by atoms with Gasteiger partial charge in [0.15, 0.2) is 5.96 Å². The van der Waals surface area contributed by atoms with Gasteiger partial charge in [0.05, 0.1) is 6.61 Å².